The molecular formula is C25H35N3O4S. The van der Waals surface area contributed by atoms with Crippen molar-refractivity contribution >= 4 is 15.9 Å². The Labute approximate surface area is 197 Å². The lowest BCUT2D eigenvalue weighted by molar-refractivity contribution is -0.121. The Hall–Kier alpha value is -2.42. The molecule has 1 saturated heterocycles. The maximum atomic E-state index is 12.9. The molecule has 1 amide bonds. The number of likely N-dealkylation sites (tertiary alicyclic amines) is 1. The quantitative estimate of drug-likeness (QED) is 0.605. The standard InChI is InChI=1S/C25H35N3O4S/c1-19-8-13-23(16-20(19)2)33(30,31)27(3)18-25(29)26-17-24(28-14-6-5-7-15-28)21-9-11-22(32-4)12-10-21/h8-13,16,24H,5-7,14-15,17-18H2,1-4H3,(H,26,29). The van der Waals surface area contributed by atoms with Crippen molar-refractivity contribution in [3.8, 4) is 5.75 Å². The predicted octanol–water partition coefficient (Wildman–Crippen LogP) is 3.28. The van der Waals surface area contributed by atoms with Crippen LogP contribution in [0.4, 0.5) is 0 Å². The Bertz CT molecular complexity index is 1050. The predicted molar refractivity (Wildman–Crippen MR) is 130 cm³/mol. The first-order chi connectivity index (χ1) is 15.7. The van der Waals surface area contributed by atoms with Gasteiger partial charge in [0.05, 0.1) is 24.6 Å². The van der Waals surface area contributed by atoms with E-state index in [-0.39, 0.29) is 23.4 Å². The number of hydrogen-bond acceptors (Lipinski definition) is 5. The highest BCUT2D eigenvalue weighted by Gasteiger charge is 2.26. The number of hydrogen-bond donors (Lipinski definition) is 1. The lowest BCUT2D eigenvalue weighted by atomic mass is 10.0. The van der Waals surface area contributed by atoms with Gasteiger partial charge < -0.3 is 10.1 Å². The Kier molecular flexibility index (Phi) is 8.51. The van der Waals surface area contributed by atoms with Crippen molar-refractivity contribution in [1.82, 2.24) is 14.5 Å². The van der Waals surface area contributed by atoms with E-state index in [2.05, 4.69) is 10.2 Å². The molecule has 0 bridgehead atoms. The summed E-state index contributed by atoms with van der Waals surface area (Å²) in [7, 11) is -0.665. The van der Waals surface area contributed by atoms with Gasteiger partial charge in [0.15, 0.2) is 0 Å². The van der Waals surface area contributed by atoms with E-state index in [1.165, 1.54) is 13.5 Å². The molecule has 1 aliphatic heterocycles. The number of methoxy groups -OCH3 is 1. The molecule has 1 fully saturated rings. The van der Waals surface area contributed by atoms with Gasteiger partial charge in [-0.1, -0.05) is 24.6 Å². The smallest absolute Gasteiger partial charge is 0.243 e. The van der Waals surface area contributed by atoms with Crippen LogP contribution in [0.2, 0.25) is 0 Å². The number of sulfonamides is 1. The number of piperidine rings is 1. The van der Waals surface area contributed by atoms with Crippen molar-refractivity contribution in [2.75, 3.05) is 40.3 Å². The fourth-order valence-corrected chi connectivity index (χ4v) is 5.33. The molecular weight excluding hydrogens is 438 g/mol. The minimum atomic E-state index is -3.74. The van der Waals surface area contributed by atoms with Crippen LogP contribution in [0.15, 0.2) is 47.4 Å². The summed E-state index contributed by atoms with van der Waals surface area (Å²) in [5, 5.41) is 2.96. The zero-order valence-corrected chi connectivity index (χ0v) is 20.8. The third kappa shape index (κ3) is 6.34. The zero-order chi connectivity index (χ0) is 24.0. The minimum Gasteiger partial charge on any atom is -0.497 e. The molecule has 2 aromatic carbocycles. The van der Waals surface area contributed by atoms with Gasteiger partial charge in [0, 0.05) is 13.6 Å². The number of likely N-dealkylation sites (N-methyl/N-ethyl adjacent to an activating group) is 1. The van der Waals surface area contributed by atoms with Crippen molar-refractivity contribution < 1.29 is 17.9 Å². The number of rotatable bonds is 9. The number of benzene rings is 2. The summed E-state index contributed by atoms with van der Waals surface area (Å²) in [6.45, 7) is 5.96. The maximum absolute atomic E-state index is 12.9. The van der Waals surface area contributed by atoms with Crippen LogP contribution in [0, 0.1) is 13.8 Å². The number of ether oxygens (including phenoxy) is 1. The van der Waals surface area contributed by atoms with Gasteiger partial charge in [0.2, 0.25) is 15.9 Å². The normalized spacial score (nSPS) is 15.9. The maximum Gasteiger partial charge on any atom is 0.243 e. The van der Waals surface area contributed by atoms with Gasteiger partial charge >= 0.3 is 0 Å². The molecule has 0 spiro atoms. The summed E-state index contributed by atoms with van der Waals surface area (Å²) < 4.78 is 32.2. The first-order valence-corrected chi connectivity index (χ1v) is 12.8. The number of aryl methyl sites for hydroxylation is 2. The molecule has 8 heteroatoms. The largest absolute Gasteiger partial charge is 0.497 e. The van der Waals surface area contributed by atoms with Gasteiger partial charge in [-0.3, -0.25) is 9.69 Å². The highest BCUT2D eigenvalue weighted by atomic mass is 32.2. The average Bonchev–Trinajstić information content (AvgIpc) is 2.82. The summed E-state index contributed by atoms with van der Waals surface area (Å²) >= 11 is 0. The first-order valence-electron chi connectivity index (χ1n) is 11.4. The highest BCUT2D eigenvalue weighted by molar-refractivity contribution is 7.89. The fourth-order valence-electron chi connectivity index (χ4n) is 4.12. The Morgan fingerprint density at radius 2 is 1.73 bits per heavy atom. The molecule has 2 aromatic rings. The number of carbonyl (C=O) groups is 1. The Balaban J connectivity index is 1.66. The van der Waals surface area contributed by atoms with Crippen LogP contribution in [0.25, 0.3) is 0 Å². The molecule has 0 radical (unpaired) electrons. The van der Waals surface area contributed by atoms with E-state index >= 15 is 0 Å². The summed E-state index contributed by atoms with van der Waals surface area (Å²) in [5.41, 5.74) is 3.03. The summed E-state index contributed by atoms with van der Waals surface area (Å²) in [6, 6.07) is 13.0. The van der Waals surface area contributed by atoms with Crippen LogP contribution in [0.1, 0.15) is 42.0 Å². The Morgan fingerprint density at radius 3 is 2.33 bits per heavy atom. The molecule has 1 aliphatic rings. The van der Waals surface area contributed by atoms with Gasteiger partial charge in [-0.15, -0.1) is 0 Å². The molecule has 0 saturated carbocycles. The minimum absolute atomic E-state index is 0.0295. The van der Waals surface area contributed by atoms with Crippen molar-refractivity contribution in [2.45, 2.75) is 44.0 Å². The number of amides is 1. The van der Waals surface area contributed by atoms with Crippen LogP contribution < -0.4 is 10.1 Å². The molecule has 1 N–H and O–H groups in total. The second-order valence-corrected chi connectivity index (χ2v) is 10.7. The molecule has 0 aromatic heterocycles. The van der Waals surface area contributed by atoms with E-state index in [9.17, 15) is 13.2 Å². The fraction of sp³-hybridized carbons (Fsp3) is 0.480. The van der Waals surface area contributed by atoms with E-state index in [0.717, 1.165) is 52.7 Å². The van der Waals surface area contributed by atoms with Gasteiger partial charge in [-0.2, -0.15) is 4.31 Å². The molecule has 3 rings (SSSR count). The topological polar surface area (TPSA) is 79.0 Å². The molecule has 180 valence electrons. The van der Waals surface area contributed by atoms with Crippen molar-refractivity contribution in [2.24, 2.45) is 0 Å². The molecule has 0 aliphatic carbocycles. The highest BCUT2D eigenvalue weighted by Crippen LogP contribution is 2.26. The van der Waals surface area contributed by atoms with Crippen molar-refractivity contribution in [1.29, 1.82) is 0 Å². The monoisotopic (exact) mass is 473 g/mol. The third-order valence-electron chi connectivity index (χ3n) is 6.38. The SMILES string of the molecule is COc1ccc(C(CNC(=O)CN(C)S(=O)(=O)c2ccc(C)c(C)c2)N2CCCCC2)cc1. The second kappa shape index (κ2) is 11.1. The van der Waals surface area contributed by atoms with E-state index < -0.39 is 10.0 Å². The van der Waals surface area contributed by atoms with E-state index in [1.54, 1.807) is 25.3 Å². The summed E-state index contributed by atoms with van der Waals surface area (Å²) in [4.78, 5) is 15.3. The average molecular weight is 474 g/mol. The van der Waals surface area contributed by atoms with Crippen LogP contribution in [-0.2, 0) is 14.8 Å². The number of nitrogens with one attached hydrogen (secondary N) is 1. The van der Waals surface area contributed by atoms with E-state index in [1.807, 2.05) is 38.1 Å². The van der Waals surface area contributed by atoms with Crippen LogP contribution in [0.3, 0.4) is 0 Å². The second-order valence-electron chi connectivity index (χ2n) is 8.70. The molecule has 7 nitrogen and oxygen atoms in total. The first kappa shape index (κ1) is 25.2. The molecule has 1 unspecified atom stereocenters. The summed E-state index contributed by atoms with van der Waals surface area (Å²) in [5.74, 6) is 0.471. The molecule has 1 heterocycles. The Morgan fingerprint density at radius 1 is 1.06 bits per heavy atom. The number of nitrogens with zero attached hydrogens (tertiary/aromatic N) is 2. The molecule has 33 heavy (non-hydrogen) atoms. The van der Waals surface area contributed by atoms with Gasteiger partial charge in [0.25, 0.3) is 0 Å². The van der Waals surface area contributed by atoms with E-state index in [4.69, 9.17) is 4.74 Å². The third-order valence-corrected chi connectivity index (χ3v) is 8.18. The van der Waals surface area contributed by atoms with Gasteiger partial charge in [0.1, 0.15) is 5.75 Å². The van der Waals surface area contributed by atoms with Gasteiger partial charge in [-0.25, -0.2) is 8.42 Å². The van der Waals surface area contributed by atoms with Crippen molar-refractivity contribution in [3.05, 3.63) is 59.2 Å². The number of carbonyl (C=O) groups excluding carboxylic acids is 1. The lowest BCUT2D eigenvalue weighted by Gasteiger charge is -2.35. The van der Waals surface area contributed by atoms with Crippen LogP contribution >= 0.6 is 0 Å². The molecule has 1 atom stereocenters. The zero-order valence-electron chi connectivity index (χ0n) is 20.0. The van der Waals surface area contributed by atoms with E-state index in [0.29, 0.717) is 6.54 Å². The lowest BCUT2D eigenvalue weighted by Crippen LogP contribution is -2.43. The summed E-state index contributed by atoms with van der Waals surface area (Å²) in [6.07, 6.45) is 3.49. The van der Waals surface area contributed by atoms with Crippen LogP contribution in [0.5, 0.6) is 5.75 Å². The van der Waals surface area contributed by atoms with Gasteiger partial charge in [-0.05, 0) is 80.7 Å². The van der Waals surface area contributed by atoms with Crippen LogP contribution in [-0.4, -0.2) is 63.9 Å². The van der Waals surface area contributed by atoms with Crippen molar-refractivity contribution in [3.63, 3.8) is 0 Å².